The first-order valence-corrected chi connectivity index (χ1v) is 4.35. The number of nitrogens with one attached hydrogen (secondary N) is 1. The fourth-order valence-corrected chi connectivity index (χ4v) is 1.27. The fraction of sp³-hybridized carbons (Fsp3) is 0.143. The van der Waals surface area contributed by atoms with Crippen molar-refractivity contribution in [3.63, 3.8) is 0 Å². The van der Waals surface area contributed by atoms with Crippen molar-refractivity contribution in [2.24, 2.45) is 0 Å². The van der Waals surface area contributed by atoms with Crippen LogP contribution in [0.15, 0.2) is 16.9 Å². The highest BCUT2D eigenvalue weighted by Crippen LogP contribution is 2.17. The SMILES string of the molecule is CNC(=O)c1cc(Cl)cnc1Br. The van der Waals surface area contributed by atoms with Crippen LogP contribution in [0.5, 0.6) is 0 Å². The van der Waals surface area contributed by atoms with Crippen LogP contribution in [0.2, 0.25) is 5.02 Å². The molecule has 0 atom stereocenters. The van der Waals surface area contributed by atoms with Crippen LogP contribution < -0.4 is 5.32 Å². The number of carbonyl (C=O) groups is 1. The zero-order chi connectivity index (χ0) is 9.14. The second kappa shape index (κ2) is 3.87. The van der Waals surface area contributed by atoms with Crippen molar-refractivity contribution in [3.8, 4) is 0 Å². The molecule has 1 amide bonds. The molecule has 0 bridgehead atoms. The van der Waals surface area contributed by atoms with Gasteiger partial charge in [0.15, 0.2) is 0 Å². The third-order valence-corrected chi connectivity index (χ3v) is 2.12. The average molecular weight is 249 g/mol. The van der Waals surface area contributed by atoms with Crippen LogP contribution in [-0.2, 0) is 0 Å². The Kier molecular flexibility index (Phi) is 3.05. The van der Waals surface area contributed by atoms with Crippen molar-refractivity contribution in [1.29, 1.82) is 0 Å². The van der Waals surface area contributed by atoms with Crippen LogP contribution in [0, 0.1) is 0 Å². The van der Waals surface area contributed by atoms with E-state index < -0.39 is 0 Å². The van der Waals surface area contributed by atoms with E-state index in [2.05, 4.69) is 26.2 Å². The number of hydrogen-bond acceptors (Lipinski definition) is 2. The Morgan fingerprint density at radius 1 is 1.75 bits per heavy atom. The molecule has 0 aromatic carbocycles. The number of nitrogens with zero attached hydrogens (tertiary/aromatic N) is 1. The molecule has 1 N–H and O–H groups in total. The number of halogens is 2. The molecule has 1 aromatic heterocycles. The van der Waals surface area contributed by atoms with Gasteiger partial charge in [-0.25, -0.2) is 4.98 Å². The van der Waals surface area contributed by atoms with Gasteiger partial charge in [0.25, 0.3) is 5.91 Å². The lowest BCUT2D eigenvalue weighted by Gasteiger charge is -2.01. The van der Waals surface area contributed by atoms with E-state index in [0.29, 0.717) is 15.2 Å². The quantitative estimate of drug-likeness (QED) is 0.772. The molecule has 1 aromatic rings. The highest BCUT2D eigenvalue weighted by Gasteiger charge is 2.09. The predicted molar refractivity (Wildman–Crippen MR) is 50.3 cm³/mol. The molecule has 1 heterocycles. The Morgan fingerprint density at radius 3 is 3.00 bits per heavy atom. The monoisotopic (exact) mass is 248 g/mol. The summed E-state index contributed by atoms with van der Waals surface area (Å²) >= 11 is 8.80. The number of aromatic nitrogens is 1. The number of rotatable bonds is 1. The summed E-state index contributed by atoms with van der Waals surface area (Å²) in [4.78, 5) is 15.0. The minimum atomic E-state index is -0.211. The summed E-state index contributed by atoms with van der Waals surface area (Å²) in [7, 11) is 1.55. The minimum absolute atomic E-state index is 0.211. The van der Waals surface area contributed by atoms with Gasteiger partial charge in [-0.3, -0.25) is 4.79 Å². The van der Waals surface area contributed by atoms with Gasteiger partial charge in [0.2, 0.25) is 0 Å². The lowest BCUT2D eigenvalue weighted by Crippen LogP contribution is -2.18. The van der Waals surface area contributed by atoms with E-state index >= 15 is 0 Å². The van der Waals surface area contributed by atoms with Crippen LogP contribution >= 0.6 is 27.5 Å². The summed E-state index contributed by atoms with van der Waals surface area (Å²) in [6.07, 6.45) is 1.47. The van der Waals surface area contributed by atoms with E-state index in [1.54, 1.807) is 13.1 Å². The van der Waals surface area contributed by atoms with Crippen molar-refractivity contribution < 1.29 is 4.79 Å². The summed E-state index contributed by atoms with van der Waals surface area (Å²) in [5.41, 5.74) is 0.435. The van der Waals surface area contributed by atoms with Crippen LogP contribution in [0.1, 0.15) is 10.4 Å². The van der Waals surface area contributed by atoms with E-state index in [1.807, 2.05) is 0 Å². The summed E-state index contributed by atoms with van der Waals surface area (Å²) in [6, 6.07) is 1.55. The van der Waals surface area contributed by atoms with Gasteiger partial charge < -0.3 is 5.32 Å². The fourth-order valence-electron chi connectivity index (χ4n) is 0.716. The molecule has 0 saturated heterocycles. The van der Waals surface area contributed by atoms with Gasteiger partial charge in [0, 0.05) is 13.2 Å². The largest absolute Gasteiger partial charge is 0.355 e. The van der Waals surface area contributed by atoms with E-state index in [4.69, 9.17) is 11.6 Å². The molecule has 64 valence electrons. The first-order chi connectivity index (χ1) is 5.65. The highest BCUT2D eigenvalue weighted by atomic mass is 79.9. The van der Waals surface area contributed by atoms with Crippen molar-refractivity contribution in [2.75, 3.05) is 7.05 Å². The van der Waals surface area contributed by atoms with E-state index in [9.17, 15) is 4.79 Å². The van der Waals surface area contributed by atoms with Gasteiger partial charge >= 0.3 is 0 Å². The van der Waals surface area contributed by atoms with Gasteiger partial charge in [-0.1, -0.05) is 11.6 Å². The number of amides is 1. The van der Waals surface area contributed by atoms with Crippen LogP contribution in [0.25, 0.3) is 0 Å². The summed E-state index contributed by atoms with van der Waals surface area (Å²) in [5, 5.41) is 2.92. The first kappa shape index (κ1) is 9.48. The zero-order valence-electron chi connectivity index (χ0n) is 6.27. The molecule has 3 nitrogen and oxygen atoms in total. The smallest absolute Gasteiger partial charge is 0.253 e. The molecule has 0 fully saturated rings. The Hall–Kier alpha value is -0.610. The van der Waals surface area contributed by atoms with Crippen molar-refractivity contribution in [2.45, 2.75) is 0 Å². The molecule has 0 unspecified atom stereocenters. The molecular weight excluding hydrogens is 243 g/mol. The second-order valence-corrected chi connectivity index (χ2v) is 3.26. The second-order valence-electron chi connectivity index (χ2n) is 2.07. The molecule has 0 radical (unpaired) electrons. The van der Waals surface area contributed by atoms with Gasteiger partial charge in [-0.2, -0.15) is 0 Å². The summed E-state index contributed by atoms with van der Waals surface area (Å²) in [6.45, 7) is 0. The van der Waals surface area contributed by atoms with Crippen molar-refractivity contribution in [3.05, 3.63) is 27.5 Å². The highest BCUT2D eigenvalue weighted by molar-refractivity contribution is 9.10. The zero-order valence-corrected chi connectivity index (χ0v) is 8.61. The van der Waals surface area contributed by atoms with Gasteiger partial charge in [0.1, 0.15) is 4.60 Å². The Labute approximate surface area is 83.3 Å². The summed E-state index contributed by atoms with van der Waals surface area (Å²) in [5.74, 6) is -0.211. The normalized spacial score (nSPS) is 9.58. The molecule has 5 heteroatoms. The van der Waals surface area contributed by atoms with Crippen LogP contribution in [0.3, 0.4) is 0 Å². The van der Waals surface area contributed by atoms with E-state index in [1.165, 1.54) is 6.20 Å². The number of pyridine rings is 1. The maximum absolute atomic E-state index is 11.1. The lowest BCUT2D eigenvalue weighted by molar-refractivity contribution is 0.0962. The van der Waals surface area contributed by atoms with E-state index in [0.717, 1.165) is 0 Å². The molecule has 0 aliphatic heterocycles. The Morgan fingerprint density at radius 2 is 2.42 bits per heavy atom. The molecule has 12 heavy (non-hydrogen) atoms. The maximum Gasteiger partial charge on any atom is 0.253 e. The molecular formula is C7H6BrClN2O. The maximum atomic E-state index is 11.1. The van der Waals surface area contributed by atoms with Gasteiger partial charge in [-0.15, -0.1) is 0 Å². The van der Waals surface area contributed by atoms with Crippen LogP contribution in [0.4, 0.5) is 0 Å². The minimum Gasteiger partial charge on any atom is -0.355 e. The third kappa shape index (κ3) is 1.95. The number of carbonyl (C=O) groups excluding carboxylic acids is 1. The molecule has 0 saturated carbocycles. The van der Waals surface area contributed by atoms with E-state index in [-0.39, 0.29) is 5.91 Å². The molecule has 0 aliphatic carbocycles. The molecule has 0 spiro atoms. The third-order valence-electron chi connectivity index (χ3n) is 1.28. The van der Waals surface area contributed by atoms with Crippen molar-refractivity contribution in [1.82, 2.24) is 10.3 Å². The standard InChI is InChI=1S/C7H6BrClN2O/c1-10-7(12)5-2-4(9)3-11-6(5)8/h2-3H,1H3,(H,10,12). The van der Waals surface area contributed by atoms with Gasteiger partial charge in [0.05, 0.1) is 10.6 Å². The lowest BCUT2D eigenvalue weighted by atomic mass is 10.3. The Balaban J connectivity index is 3.13. The topological polar surface area (TPSA) is 42.0 Å². The van der Waals surface area contributed by atoms with Crippen molar-refractivity contribution >= 4 is 33.4 Å². The molecule has 0 aliphatic rings. The summed E-state index contributed by atoms with van der Waals surface area (Å²) < 4.78 is 0.492. The van der Waals surface area contributed by atoms with Gasteiger partial charge in [-0.05, 0) is 22.0 Å². The average Bonchev–Trinajstić information content (AvgIpc) is 2.08. The predicted octanol–water partition coefficient (Wildman–Crippen LogP) is 1.86. The van der Waals surface area contributed by atoms with Crippen LogP contribution in [-0.4, -0.2) is 17.9 Å². The Bertz CT molecular complexity index is 316. The first-order valence-electron chi connectivity index (χ1n) is 3.18. The number of hydrogen-bond donors (Lipinski definition) is 1. The molecule has 1 rings (SSSR count).